The number of nitrogens with zero attached hydrogens (tertiary/aromatic N) is 2. The van der Waals surface area contributed by atoms with Crippen LogP contribution in [0.4, 0.5) is 0 Å². The fourth-order valence-corrected chi connectivity index (χ4v) is 6.83. The Morgan fingerprint density at radius 2 is 0.796 bits per heavy atom. The molecule has 0 fully saturated rings. The van der Waals surface area contributed by atoms with Gasteiger partial charge in [-0.2, -0.15) is 0 Å². The van der Waals surface area contributed by atoms with Gasteiger partial charge in [0.15, 0.2) is 0 Å². The van der Waals surface area contributed by atoms with Crippen molar-refractivity contribution in [3.8, 4) is 0 Å². The summed E-state index contributed by atoms with van der Waals surface area (Å²) in [6.07, 6.45) is 4.21. The minimum absolute atomic E-state index is 0.161. The SMILES string of the molecule is C1=C(c2ccc3oc4ccc(C5=CNC(c6ccccc6)=NC5c5ccccc5)cc4c3c2)C(c2ccccc2)N=C(c2ccccc2)N1. The van der Waals surface area contributed by atoms with Gasteiger partial charge in [-0.1, -0.05) is 133 Å². The third-order valence-corrected chi connectivity index (χ3v) is 9.30. The molecule has 0 spiro atoms. The molecule has 49 heavy (non-hydrogen) atoms. The largest absolute Gasteiger partial charge is 0.456 e. The molecule has 5 heteroatoms. The average Bonchev–Trinajstić information content (AvgIpc) is 3.56. The van der Waals surface area contributed by atoms with E-state index in [4.69, 9.17) is 14.4 Å². The Hall–Kier alpha value is -6.46. The smallest absolute Gasteiger partial charge is 0.135 e. The molecule has 3 heterocycles. The third kappa shape index (κ3) is 5.41. The van der Waals surface area contributed by atoms with Crippen molar-refractivity contribution in [3.63, 3.8) is 0 Å². The van der Waals surface area contributed by atoms with Crippen LogP contribution in [0.2, 0.25) is 0 Å². The van der Waals surface area contributed by atoms with Crippen molar-refractivity contribution in [2.24, 2.45) is 9.98 Å². The molecule has 5 nitrogen and oxygen atoms in total. The van der Waals surface area contributed by atoms with Crippen LogP contribution >= 0.6 is 0 Å². The number of amidine groups is 2. The number of hydrogen-bond donors (Lipinski definition) is 2. The molecule has 2 unspecified atom stereocenters. The van der Waals surface area contributed by atoms with Crippen LogP contribution < -0.4 is 10.6 Å². The van der Waals surface area contributed by atoms with Crippen molar-refractivity contribution in [2.75, 3.05) is 0 Å². The van der Waals surface area contributed by atoms with Crippen molar-refractivity contribution in [3.05, 3.63) is 204 Å². The van der Waals surface area contributed by atoms with Gasteiger partial charge in [-0.3, -0.25) is 9.98 Å². The zero-order valence-electron chi connectivity index (χ0n) is 26.6. The van der Waals surface area contributed by atoms with Crippen LogP contribution in [0.15, 0.2) is 185 Å². The zero-order valence-corrected chi connectivity index (χ0v) is 26.6. The highest BCUT2D eigenvalue weighted by Gasteiger charge is 2.25. The van der Waals surface area contributed by atoms with Crippen LogP contribution in [0.1, 0.15) is 45.5 Å². The molecule has 2 aliphatic heterocycles. The lowest BCUT2D eigenvalue weighted by Gasteiger charge is -2.25. The molecule has 0 saturated heterocycles. The van der Waals surface area contributed by atoms with Crippen molar-refractivity contribution < 1.29 is 4.42 Å². The van der Waals surface area contributed by atoms with E-state index in [0.717, 1.165) is 78.1 Å². The molecule has 9 rings (SSSR count). The van der Waals surface area contributed by atoms with Crippen molar-refractivity contribution in [1.29, 1.82) is 0 Å². The Labute approximate surface area is 284 Å². The highest BCUT2D eigenvalue weighted by atomic mass is 16.3. The first kappa shape index (κ1) is 28.7. The van der Waals surface area contributed by atoms with Gasteiger partial charge in [-0.05, 0) is 46.5 Å². The first-order valence-corrected chi connectivity index (χ1v) is 16.6. The van der Waals surface area contributed by atoms with Crippen LogP contribution in [0.3, 0.4) is 0 Å². The maximum Gasteiger partial charge on any atom is 0.135 e. The molecule has 0 aliphatic carbocycles. The Morgan fingerprint density at radius 3 is 1.20 bits per heavy atom. The molecule has 0 bridgehead atoms. The second-order valence-corrected chi connectivity index (χ2v) is 12.3. The minimum Gasteiger partial charge on any atom is -0.456 e. The fourth-order valence-electron chi connectivity index (χ4n) is 6.83. The molecule has 2 aliphatic rings. The number of nitrogens with one attached hydrogen (secondary N) is 2. The van der Waals surface area contributed by atoms with Gasteiger partial charge < -0.3 is 15.1 Å². The van der Waals surface area contributed by atoms with Crippen LogP contribution in [0.25, 0.3) is 33.1 Å². The summed E-state index contributed by atoms with van der Waals surface area (Å²) in [5.41, 5.74) is 10.5. The lowest BCUT2D eigenvalue weighted by molar-refractivity contribution is 0.669. The Balaban J connectivity index is 1.12. The van der Waals surface area contributed by atoms with Gasteiger partial charge in [-0.15, -0.1) is 0 Å². The maximum absolute atomic E-state index is 6.38. The zero-order chi connectivity index (χ0) is 32.6. The number of rotatable bonds is 6. The predicted octanol–water partition coefficient (Wildman–Crippen LogP) is 9.85. The standard InChI is InChI=1S/C44H32N4O/c1-5-13-29(14-6-1)41-37(27-45-43(47-41)31-17-9-3-10-18-31)33-21-23-39-35(25-33)36-26-34(22-24-40(36)49-39)38-28-46-44(32-19-11-4-12-20-32)48-42(38)30-15-7-2-8-16-30/h1-28,41-42H,(H,45,47)(H,46,48). The van der Waals surface area contributed by atoms with E-state index < -0.39 is 0 Å². The van der Waals surface area contributed by atoms with E-state index in [1.54, 1.807) is 0 Å². The van der Waals surface area contributed by atoms with E-state index >= 15 is 0 Å². The number of hydrogen-bond acceptors (Lipinski definition) is 5. The summed E-state index contributed by atoms with van der Waals surface area (Å²) < 4.78 is 6.38. The number of aliphatic imine (C=N–C) groups is 2. The van der Waals surface area contributed by atoms with Gasteiger partial charge in [0.1, 0.15) is 34.9 Å². The third-order valence-electron chi connectivity index (χ3n) is 9.30. The quantitative estimate of drug-likeness (QED) is 0.192. The summed E-state index contributed by atoms with van der Waals surface area (Å²) in [6.45, 7) is 0. The Morgan fingerprint density at radius 1 is 0.408 bits per heavy atom. The van der Waals surface area contributed by atoms with Gasteiger partial charge >= 0.3 is 0 Å². The fraction of sp³-hybridized carbons (Fsp3) is 0.0455. The van der Waals surface area contributed by atoms with E-state index in [1.165, 1.54) is 0 Å². The van der Waals surface area contributed by atoms with Crippen molar-refractivity contribution in [1.82, 2.24) is 10.6 Å². The molecule has 6 aromatic carbocycles. The van der Waals surface area contributed by atoms with Crippen LogP contribution in [0.5, 0.6) is 0 Å². The monoisotopic (exact) mass is 632 g/mol. The summed E-state index contributed by atoms with van der Waals surface area (Å²) in [5, 5.41) is 9.10. The molecule has 2 N–H and O–H groups in total. The highest BCUT2D eigenvalue weighted by Crippen LogP contribution is 2.41. The highest BCUT2D eigenvalue weighted by molar-refractivity contribution is 6.08. The molecule has 0 amide bonds. The number of furan rings is 1. The summed E-state index contributed by atoms with van der Waals surface area (Å²) in [6, 6.07) is 54.1. The van der Waals surface area contributed by atoms with E-state index in [2.05, 4.69) is 132 Å². The molecule has 0 radical (unpaired) electrons. The topological polar surface area (TPSA) is 61.9 Å². The van der Waals surface area contributed by atoms with Crippen LogP contribution in [-0.4, -0.2) is 11.7 Å². The van der Waals surface area contributed by atoms with E-state index in [-0.39, 0.29) is 12.1 Å². The second kappa shape index (κ2) is 12.3. The number of benzene rings is 6. The number of fused-ring (bicyclic) bond motifs is 3. The summed E-state index contributed by atoms with van der Waals surface area (Å²) in [7, 11) is 0. The molecule has 7 aromatic rings. The predicted molar refractivity (Wildman–Crippen MR) is 200 cm³/mol. The summed E-state index contributed by atoms with van der Waals surface area (Å²) >= 11 is 0. The molecular weight excluding hydrogens is 601 g/mol. The van der Waals surface area contributed by atoms with E-state index in [9.17, 15) is 0 Å². The summed E-state index contributed by atoms with van der Waals surface area (Å²) in [5.74, 6) is 1.72. The molecule has 0 saturated carbocycles. The van der Waals surface area contributed by atoms with E-state index in [0.29, 0.717) is 0 Å². The first-order valence-electron chi connectivity index (χ1n) is 16.6. The van der Waals surface area contributed by atoms with Crippen molar-refractivity contribution in [2.45, 2.75) is 12.1 Å². The lowest BCUT2D eigenvalue weighted by Crippen LogP contribution is -2.25. The lowest BCUT2D eigenvalue weighted by atomic mass is 9.90. The Bertz CT molecular complexity index is 2250. The van der Waals surface area contributed by atoms with Gasteiger partial charge in [-0.25, -0.2) is 0 Å². The maximum atomic E-state index is 6.38. The second-order valence-electron chi connectivity index (χ2n) is 12.3. The summed E-state index contributed by atoms with van der Waals surface area (Å²) in [4.78, 5) is 10.5. The molecule has 234 valence electrons. The van der Waals surface area contributed by atoms with Crippen LogP contribution in [0, 0.1) is 0 Å². The molecule has 2 atom stereocenters. The van der Waals surface area contributed by atoms with Gasteiger partial charge in [0.2, 0.25) is 0 Å². The normalized spacial score (nSPS) is 17.4. The van der Waals surface area contributed by atoms with Gasteiger partial charge in [0.25, 0.3) is 0 Å². The van der Waals surface area contributed by atoms with E-state index in [1.807, 2.05) is 48.5 Å². The first-order chi connectivity index (χ1) is 24.3. The van der Waals surface area contributed by atoms with Gasteiger partial charge in [0, 0.05) is 45.4 Å². The van der Waals surface area contributed by atoms with Crippen LogP contribution in [-0.2, 0) is 0 Å². The molecule has 1 aromatic heterocycles. The van der Waals surface area contributed by atoms with Gasteiger partial charge in [0.05, 0.1) is 0 Å². The minimum atomic E-state index is -0.161. The Kier molecular flexibility index (Phi) is 7.21. The van der Waals surface area contributed by atoms with Crippen molar-refractivity contribution >= 4 is 44.8 Å². The average molecular weight is 633 g/mol. The molecular formula is C44H32N4O.